The number of ether oxygens (including phenoxy) is 1. The molecule has 4 rings (SSSR count). The van der Waals surface area contributed by atoms with Gasteiger partial charge in [0.25, 0.3) is 0 Å². The first-order chi connectivity index (χ1) is 17.4. The van der Waals surface area contributed by atoms with Gasteiger partial charge < -0.3 is 20.3 Å². The number of piperazine rings is 1. The highest BCUT2D eigenvalue weighted by Gasteiger charge is 2.53. The molecule has 3 atom stereocenters. The van der Waals surface area contributed by atoms with E-state index in [1.165, 1.54) is 28.4 Å². The Hall–Kier alpha value is -2.73. The maximum absolute atomic E-state index is 14.0. The van der Waals surface area contributed by atoms with Crippen LogP contribution in [0, 0.1) is 5.82 Å². The van der Waals surface area contributed by atoms with Crippen LogP contribution in [0.4, 0.5) is 4.39 Å². The largest absolute Gasteiger partial charge is 0.496 e. The summed E-state index contributed by atoms with van der Waals surface area (Å²) in [4.78, 5) is 29.8. The van der Waals surface area contributed by atoms with E-state index < -0.39 is 45.8 Å². The highest BCUT2D eigenvalue weighted by molar-refractivity contribution is 7.88. The molecule has 2 aliphatic heterocycles. The highest BCUT2D eigenvalue weighted by Crippen LogP contribution is 2.32. The molecule has 0 aromatic heterocycles. The molecule has 2 saturated heterocycles. The maximum Gasteiger partial charge on any atom is 0.246 e. The standard InChI is InChI=1S/C25H30ClFN4O5S/c1-15(2)29-13-23-30(37(34,35)14-17-11-19(27)8-9-22(17)36-3)12-20(28)24(32)31(23)21(25(29)33)10-16-4-6-18(26)7-5-16/h4-9,11,15,20-21,23H,10,12-14,28H2,1-3H3. The Morgan fingerprint density at radius 1 is 1.11 bits per heavy atom. The molecule has 12 heteroatoms. The van der Waals surface area contributed by atoms with Gasteiger partial charge in [0.05, 0.1) is 25.4 Å². The van der Waals surface area contributed by atoms with E-state index in [0.29, 0.717) is 5.02 Å². The Bertz CT molecular complexity index is 1290. The first-order valence-electron chi connectivity index (χ1n) is 11.9. The Morgan fingerprint density at radius 2 is 1.78 bits per heavy atom. The predicted molar refractivity (Wildman–Crippen MR) is 137 cm³/mol. The number of carbonyl (C=O) groups is 2. The third-order valence-corrected chi connectivity index (χ3v) is 8.80. The van der Waals surface area contributed by atoms with Crippen LogP contribution in [0.15, 0.2) is 42.5 Å². The summed E-state index contributed by atoms with van der Waals surface area (Å²) in [7, 11) is -2.75. The van der Waals surface area contributed by atoms with E-state index in [4.69, 9.17) is 22.1 Å². The summed E-state index contributed by atoms with van der Waals surface area (Å²) in [6.07, 6.45) is -0.797. The van der Waals surface area contributed by atoms with E-state index in [0.717, 1.165) is 11.6 Å². The molecule has 2 aromatic rings. The average molecular weight is 553 g/mol. The predicted octanol–water partition coefficient (Wildman–Crippen LogP) is 1.98. The summed E-state index contributed by atoms with van der Waals surface area (Å²) >= 11 is 6.01. The lowest BCUT2D eigenvalue weighted by Gasteiger charge is -2.53. The van der Waals surface area contributed by atoms with Gasteiger partial charge in [-0.1, -0.05) is 23.7 Å². The van der Waals surface area contributed by atoms with Crippen LogP contribution in [0.1, 0.15) is 25.0 Å². The molecule has 2 fully saturated rings. The lowest BCUT2D eigenvalue weighted by molar-refractivity contribution is -0.167. The van der Waals surface area contributed by atoms with Crippen molar-refractivity contribution in [3.05, 3.63) is 64.4 Å². The topological polar surface area (TPSA) is 113 Å². The van der Waals surface area contributed by atoms with Crippen LogP contribution in [0.25, 0.3) is 0 Å². The summed E-state index contributed by atoms with van der Waals surface area (Å²) in [5.74, 6) is -1.71. The maximum atomic E-state index is 14.0. The minimum Gasteiger partial charge on any atom is -0.496 e. The molecule has 2 N–H and O–H groups in total. The van der Waals surface area contributed by atoms with E-state index in [1.807, 2.05) is 13.8 Å². The lowest BCUT2D eigenvalue weighted by Crippen LogP contribution is -2.76. The quantitative estimate of drug-likeness (QED) is 0.562. The van der Waals surface area contributed by atoms with Gasteiger partial charge in [0.1, 0.15) is 23.8 Å². The third kappa shape index (κ3) is 5.45. The van der Waals surface area contributed by atoms with Crippen molar-refractivity contribution in [3.8, 4) is 5.75 Å². The van der Waals surface area contributed by atoms with Crippen molar-refractivity contribution in [2.45, 2.75) is 50.3 Å². The van der Waals surface area contributed by atoms with Crippen LogP contribution in [0.2, 0.25) is 5.02 Å². The van der Waals surface area contributed by atoms with Gasteiger partial charge in [-0.15, -0.1) is 0 Å². The number of sulfonamides is 1. The number of fused-ring (bicyclic) bond motifs is 1. The Morgan fingerprint density at radius 3 is 2.41 bits per heavy atom. The zero-order chi connectivity index (χ0) is 27.1. The second kappa shape index (κ2) is 10.6. The minimum atomic E-state index is -4.12. The Balaban J connectivity index is 1.74. The van der Waals surface area contributed by atoms with E-state index in [2.05, 4.69) is 0 Å². The van der Waals surface area contributed by atoms with Gasteiger partial charge in [-0.25, -0.2) is 12.8 Å². The van der Waals surface area contributed by atoms with Crippen LogP contribution in [-0.4, -0.2) is 78.8 Å². The highest BCUT2D eigenvalue weighted by atomic mass is 35.5. The normalized spacial score (nSPS) is 22.9. The number of methoxy groups -OCH3 is 1. The molecule has 0 saturated carbocycles. The smallest absolute Gasteiger partial charge is 0.246 e. The van der Waals surface area contributed by atoms with Crippen molar-refractivity contribution in [3.63, 3.8) is 0 Å². The van der Waals surface area contributed by atoms with Crippen molar-refractivity contribution >= 4 is 33.4 Å². The molecule has 0 radical (unpaired) electrons. The van der Waals surface area contributed by atoms with Crippen molar-refractivity contribution in [1.82, 2.24) is 14.1 Å². The second-order valence-corrected chi connectivity index (χ2v) is 11.9. The third-order valence-electron chi connectivity index (χ3n) is 6.77. The summed E-state index contributed by atoms with van der Waals surface area (Å²) < 4.78 is 47.8. The fraction of sp³-hybridized carbons (Fsp3) is 0.440. The van der Waals surface area contributed by atoms with E-state index >= 15 is 0 Å². The molecule has 2 heterocycles. The van der Waals surface area contributed by atoms with Crippen molar-refractivity contribution in [1.29, 1.82) is 0 Å². The van der Waals surface area contributed by atoms with Crippen molar-refractivity contribution in [2.24, 2.45) is 5.73 Å². The molecule has 0 bridgehead atoms. The summed E-state index contributed by atoms with van der Waals surface area (Å²) in [6, 6.07) is 8.20. The number of carbonyl (C=O) groups excluding carboxylic acids is 2. The molecule has 3 unspecified atom stereocenters. The minimum absolute atomic E-state index is 0.00834. The van der Waals surface area contributed by atoms with Gasteiger partial charge in [-0.05, 0) is 49.7 Å². The van der Waals surface area contributed by atoms with Gasteiger partial charge >= 0.3 is 0 Å². The van der Waals surface area contributed by atoms with Crippen LogP contribution in [0.5, 0.6) is 5.75 Å². The summed E-state index contributed by atoms with van der Waals surface area (Å²) in [5, 5.41) is 0.529. The zero-order valence-electron chi connectivity index (χ0n) is 20.8. The van der Waals surface area contributed by atoms with Crippen LogP contribution in [0.3, 0.4) is 0 Å². The number of rotatable bonds is 7. The SMILES string of the molecule is COc1ccc(F)cc1CS(=O)(=O)N1CC(N)C(=O)N2C(Cc3ccc(Cl)cc3)C(=O)N(C(C)C)CC21. The van der Waals surface area contributed by atoms with Crippen LogP contribution >= 0.6 is 11.6 Å². The molecular formula is C25H30ClFN4O5S. The molecule has 9 nitrogen and oxygen atoms in total. The number of nitrogens with zero attached hydrogens (tertiary/aromatic N) is 3. The van der Waals surface area contributed by atoms with Gasteiger partial charge in [0.2, 0.25) is 21.8 Å². The molecule has 37 heavy (non-hydrogen) atoms. The van der Waals surface area contributed by atoms with Gasteiger partial charge in [0.15, 0.2) is 0 Å². The number of halogens is 2. The molecular weight excluding hydrogens is 523 g/mol. The lowest BCUT2D eigenvalue weighted by atomic mass is 9.96. The van der Waals surface area contributed by atoms with E-state index in [9.17, 15) is 22.4 Å². The number of hydrogen-bond acceptors (Lipinski definition) is 6. The molecule has 0 spiro atoms. The summed E-state index contributed by atoms with van der Waals surface area (Å²) in [6.45, 7) is 3.40. The van der Waals surface area contributed by atoms with E-state index in [1.54, 1.807) is 29.2 Å². The average Bonchev–Trinajstić information content (AvgIpc) is 2.83. The number of nitrogens with two attached hydrogens (primary N) is 1. The monoisotopic (exact) mass is 552 g/mol. The first kappa shape index (κ1) is 27.3. The number of amides is 2. The molecule has 2 aliphatic rings. The van der Waals surface area contributed by atoms with Gasteiger partial charge in [-0.2, -0.15) is 4.31 Å². The Kier molecular flexibility index (Phi) is 7.80. The number of benzene rings is 2. The van der Waals surface area contributed by atoms with Gasteiger partial charge in [-0.3, -0.25) is 9.59 Å². The summed E-state index contributed by atoms with van der Waals surface area (Å²) in [5.41, 5.74) is 7.04. The first-order valence-corrected chi connectivity index (χ1v) is 13.9. The Labute approximate surface area is 221 Å². The van der Waals surface area contributed by atoms with Crippen molar-refractivity contribution in [2.75, 3.05) is 20.2 Å². The fourth-order valence-corrected chi connectivity index (χ4v) is 6.76. The van der Waals surface area contributed by atoms with Crippen LogP contribution in [-0.2, 0) is 31.8 Å². The number of hydrogen-bond donors (Lipinski definition) is 1. The second-order valence-electron chi connectivity index (χ2n) is 9.55. The zero-order valence-corrected chi connectivity index (χ0v) is 22.4. The van der Waals surface area contributed by atoms with Gasteiger partial charge in [0, 0.05) is 29.6 Å². The fourth-order valence-electron chi connectivity index (χ4n) is 4.92. The van der Waals surface area contributed by atoms with Crippen molar-refractivity contribution < 1.29 is 27.1 Å². The molecule has 2 amide bonds. The van der Waals surface area contributed by atoms with E-state index in [-0.39, 0.29) is 42.8 Å². The van der Waals surface area contributed by atoms with Crippen LogP contribution < -0.4 is 10.5 Å². The molecule has 2 aromatic carbocycles. The molecule has 0 aliphatic carbocycles. The molecule has 200 valence electrons.